The summed E-state index contributed by atoms with van der Waals surface area (Å²) in [5.74, 6) is -0.617. The smallest absolute Gasteiger partial charge is 0.382 e. The molecule has 2 N–H and O–H groups in total. The van der Waals surface area contributed by atoms with Gasteiger partial charge in [0.15, 0.2) is 15.9 Å². The molecule has 6 nitrogen and oxygen atoms in total. The second kappa shape index (κ2) is 9.20. The molecule has 3 aromatic rings. The second-order valence-corrected chi connectivity index (χ2v) is 9.88. The lowest BCUT2D eigenvalue weighted by molar-refractivity contribution is -0.207. The molecule has 2 aromatic carbocycles. The van der Waals surface area contributed by atoms with Crippen LogP contribution in [-0.2, 0) is 16.4 Å². The molecule has 1 atom stereocenters. The molecule has 0 fully saturated rings. The van der Waals surface area contributed by atoms with Gasteiger partial charge in [0.05, 0.1) is 22.7 Å². The quantitative estimate of drug-likeness (QED) is 0.513. The van der Waals surface area contributed by atoms with Crippen LogP contribution < -0.4 is 5.32 Å². The van der Waals surface area contributed by atoms with E-state index in [0.29, 0.717) is 16.8 Å². The van der Waals surface area contributed by atoms with E-state index in [0.717, 1.165) is 10.8 Å². The molecule has 0 bridgehead atoms. The molecule has 1 aromatic heterocycles. The summed E-state index contributed by atoms with van der Waals surface area (Å²) in [4.78, 5) is 13.0. The molecule has 0 aliphatic carbocycles. The van der Waals surface area contributed by atoms with Crippen LogP contribution in [0.3, 0.4) is 0 Å². The standard InChI is InChI=1S/C22H20ClF3N2O4S/c1-13-17(21(30)27-14-7-9-15(10-8-14)33(2,31)32)11-28(12-19(29)22(24,25)26)20(13)16-5-3-4-6-18(16)23/h3-11,19,29H,12H2,1-2H3,(H,27,30). The Hall–Kier alpha value is -2.82. The summed E-state index contributed by atoms with van der Waals surface area (Å²) in [5, 5.41) is 12.5. The average molecular weight is 501 g/mol. The van der Waals surface area contributed by atoms with Crippen molar-refractivity contribution in [1.82, 2.24) is 4.57 Å². The van der Waals surface area contributed by atoms with Gasteiger partial charge >= 0.3 is 6.18 Å². The molecule has 11 heteroatoms. The number of aliphatic hydroxyl groups is 1. The molecule has 0 saturated carbocycles. The van der Waals surface area contributed by atoms with Crippen molar-refractivity contribution in [1.29, 1.82) is 0 Å². The predicted molar refractivity (Wildman–Crippen MR) is 119 cm³/mol. The van der Waals surface area contributed by atoms with Gasteiger partial charge in [0.2, 0.25) is 0 Å². The molecular weight excluding hydrogens is 481 g/mol. The Morgan fingerprint density at radius 3 is 2.30 bits per heavy atom. The third kappa shape index (κ3) is 5.58. The number of halogens is 4. The van der Waals surface area contributed by atoms with Crippen molar-refractivity contribution in [3.8, 4) is 11.3 Å². The van der Waals surface area contributed by atoms with Crippen molar-refractivity contribution < 1.29 is 31.5 Å². The first-order valence-electron chi connectivity index (χ1n) is 9.60. The zero-order valence-electron chi connectivity index (χ0n) is 17.5. The molecular formula is C22H20ClF3N2O4S. The Balaban J connectivity index is 2.01. The lowest BCUT2D eigenvalue weighted by Gasteiger charge is -2.18. The lowest BCUT2D eigenvalue weighted by Crippen LogP contribution is -2.32. The maximum Gasteiger partial charge on any atom is 0.416 e. The number of amides is 1. The van der Waals surface area contributed by atoms with Crippen molar-refractivity contribution in [3.05, 3.63) is 70.9 Å². The largest absolute Gasteiger partial charge is 0.416 e. The van der Waals surface area contributed by atoms with E-state index in [1.54, 1.807) is 31.2 Å². The SMILES string of the molecule is Cc1c(C(=O)Nc2ccc(S(C)(=O)=O)cc2)cn(CC(O)C(F)(F)F)c1-c1ccccc1Cl. The highest BCUT2D eigenvalue weighted by Gasteiger charge is 2.39. The summed E-state index contributed by atoms with van der Waals surface area (Å²) in [6, 6.07) is 12.0. The van der Waals surface area contributed by atoms with Gasteiger partial charge in [-0.2, -0.15) is 13.2 Å². The minimum absolute atomic E-state index is 0.0741. The van der Waals surface area contributed by atoms with Crippen molar-refractivity contribution in [2.45, 2.75) is 30.6 Å². The normalized spacial score (nSPS) is 13.1. The fourth-order valence-electron chi connectivity index (χ4n) is 3.32. The van der Waals surface area contributed by atoms with Crippen LogP contribution in [0.25, 0.3) is 11.3 Å². The van der Waals surface area contributed by atoms with E-state index < -0.39 is 34.6 Å². The van der Waals surface area contributed by atoms with Crippen LogP contribution in [0.15, 0.2) is 59.6 Å². The number of carbonyl (C=O) groups is 1. The van der Waals surface area contributed by atoms with Crippen LogP contribution >= 0.6 is 11.6 Å². The van der Waals surface area contributed by atoms with E-state index in [1.165, 1.54) is 30.5 Å². The van der Waals surface area contributed by atoms with Crippen LogP contribution in [-0.4, -0.2) is 42.5 Å². The first kappa shape index (κ1) is 24.8. The molecule has 176 valence electrons. The van der Waals surface area contributed by atoms with Gasteiger partial charge < -0.3 is 15.0 Å². The minimum Gasteiger partial charge on any atom is -0.382 e. The van der Waals surface area contributed by atoms with Crippen LogP contribution in [0.2, 0.25) is 5.02 Å². The van der Waals surface area contributed by atoms with E-state index in [-0.39, 0.29) is 21.2 Å². The third-order valence-electron chi connectivity index (χ3n) is 4.99. The first-order valence-corrected chi connectivity index (χ1v) is 11.9. The van der Waals surface area contributed by atoms with Gasteiger partial charge in [-0.05, 0) is 42.8 Å². The number of carbonyl (C=O) groups excluding carboxylic acids is 1. The zero-order chi connectivity index (χ0) is 24.6. The fourth-order valence-corrected chi connectivity index (χ4v) is 4.17. The Labute approximate surface area is 193 Å². The number of hydrogen-bond donors (Lipinski definition) is 2. The highest BCUT2D eigenvalue weighted by Crippen LogP contribution is 2.34. The second-order valence-electron chi connectivity index (χ2n) is 7.46. The molecule has 0 spiro atoms. The van der Waals surface area contributed by atoms with Gasteiger partial charge in [0.25, 0.3) is 5.91 Å². The number of anilines is 1. The Bertz CT molecular complexity index is 1290. The van der Waals surface area contributed by atoms with Crippen LogP contribution in [0.5, 0.6) is 0 Å². The maximum atomic E-state index is 13.0. The zero-order valence-corrected chi connectivity index (χ0v) is 19.1. The molecule has 0 aliphatic rings. The molecule has 1 unspecified atom stereocenters. The molecule has 0 aliphatic heterocycles. The molecule has 1 heterocycles. The summed E-state index contributed by atoms with van der Waals surface area (Å²) in [7, 11) is -3.41. The fraction of sp³-hybridized carbons (Fsp3) is 0.227. The van der Waals surface area contributed by atoms with Gasteiger partial charge in [0.1, 0.15) is 0 Å². The van der Waals surface area contributed by atoms with Crippen molar-refractivity contribution in [3.63, 3.8) is 0 Å². The number of alkyl halides is 3. The van der Waals surface area contributed by atoms with Crippen molar-refractivity contribution in [2.24, 2.45) is 0 Å². The summed E-state index contributed by atoms with van der Waals surface area (Å²) in [6.45, 7) is 0.734. The van der Waals surface area contributed by atoms with Crippen LogP contribution in [0, 0.1) is 6.92 Å². The monoisotopic (exact) mass is 500 g/mol. The maximum absolute atomic E-state index is 13.0. The van der Waals surface area contributed by atoms with Gasteiger partial charge in [-0.3, -0.25) is 4.79 Å². The number of nitrogens with one attached hydrogen (secondary N) is 1. The number of aliphatic hydroxyl groups excluding tert-OH is 1. The molecule has 0 saturated heterocycles. The highest BCUT2D eigenvalue weighted by atomic mass is 35.5. The predicted octanol–water partition coefficient (Wildman–Crippen LogP) is 4.70. The number of aromatic nitrogens is 1. The molecule has 1 amide bonds. The van der Waals surface area contributed by atoms with Crippen molar-refractivity contribution in [2.75, 3.05) is 11.6 Å². The van der Waals surface area contributed by atoms with Gasteiger partial charge in [-0.15, -0.1) is 0 Å². The average Bonchev–Trinajstić information content (AvgIpc) is 3.03. The topological polar surface area (TPSA) is 88.4 Å². The Kier molecular flexibility index (Phi) is 6.92. The highest BCUT2D eigenvalue weighted by molar-refractivity contribution is 7.90. The van der Waals surface area contributed by atoms with E-state index >= 15 is 0 Å². The molecule has 3 rings (SSSR count). The first-order chi connectivity index (χ1) is 15.3. The molecule has 0 radical (unpaired) electrons. The van der Waals surface area contributed by atoms with E-state index in [9.17, 15) is 31.5 Å². The number of nitrogens with zero attached hydrogens (tertiary/aromatic N) is 1. The van der Waals surface area contributed by atoms with E-state index in [1.807, 2.05) is 0 Å². The number of sulfone groups is 1. The van der Waals surface area contributed by atoms with Crippen LogP contribution in [0.4, 0.5) is 18.9 Å². The summed E-state index contributed by atoms with van der Waals surface area (Å²) >= 11 is 6.25. The third-order valence-corrected chi connectivity index (χ3v) is 6.45. The van der Waals surface area contributed by atoms with E-state index in [4.69, 9.17) is 11.6 Å². The Morgan fingerprint density at radius 1 is 1.15 bits per heavy atom. The summed E-state index contributed by atoms with van der Waals surface area (Å²) in [5.41, 5.74) is 1.41. The minimum atomic E-state index is -4.85. The van der Waals surface area contributed by atoms with Gasteiger partial charge in [-0.25, -0.2) is 8.42 Å². The van der Waals surface area contributed by atoms with Crippen LogP contribution in [0.1, 0.15) is 15.9 Å². The number of hydrogen-bond acceptors (Lipinski definition) is 4. The van der Waals surface area contributed by atoms with E-state index in [2.05, 4.69) is 5.32 Å². The van der Waals surface area contributed by atoms with Gasteiger partial charge in [0, 0.05) is 28.7 Å². The number of rotatable bonds is 6. The lowest BCUT2D eigenvalue weighted by atomic mass is 10.1. The molecule has 33 heavy (non-hydrogen) atoms. The summed E-state index contributed by atoms with van der Waals surface area (Å²) in [6.07, 6.45) is -5.22. The number of benzene rings is 2. The Morgan fingerprint density at radius 2 is 1.76 bits per heavy atom. The van der Waals surface area contributed by atoms with Gasteiger partial charge in [-0.1, -0.05) is 29.8 Å². The van der Waals surface area contributed by atoms with Crippen molar-refractivity contribution >= 4 is 33.0 Å². The summed E-state index contributed by atoms with van der Waals surface area (Å²) < 4.78 is 63.4.